The first-order chi connectivity index (χ1) is 9.69. The monoisotopic (exact) mass is 277 g/mol. The number of ether oxygens (including phenoxy) is 2. The van der Waals surface area contributed by atoms with Crippen LogP contribution in [-0.4, -0.2) is 19.8 Å². The van der Waals surface area contributed by atoms with Crippen LogP contribution in [0.2, 0.25) is 0 Å². The first-order valence-corrected chi connectivity index (χ1v) is 7.72. The van der Waals surface area contributed by atoms with Crippen molar-refractivity contribution in [2.45, 2.75) is 52.1 Å². The molecule has 0 heterocycles. The van der Waals surface area contributed by atoms with E-state index < -0.39 is 0 Å². The lowest BCUT2D eigenvalue weighted by molar-refractivity contribution is 0.279. The molecule has 1 fully saturated rings. The van der Waals surface area contributed by atoms with Crippen LogP contribution in [0.1, 0.15) is 45.1 Å². The van der Waals surface area contributed by atoms with Gasteiger partial charge in [-0.3, -0.25) is 0 Å². The van der Waals surface area contributed by atoms with E-state index in [1.54, 1.807) is 7.11 Å². The standard InChI is InChI=1S/C17H27NO2/c1-13(2)5-4-10-20-16-9-6-14(11-17(16)19-3)12-18-15-7-8-15/h6,9,11,13,15,18H,4-5,7-8,10,12H2,1-3H3. The molecule has 2 rings (SSSR count). The normalized spacial score (nSPS) is 14.6. The van der Waals surface area contributed by atoms with Crippen molar-refractivity contribution in [2.24, 2.45) is 5.92 Å². The molecule has 0 bridgehead atoms. The molecule has 0 aliphatic heterocycles. The number of rotatable bonds is 9. The summed E-state index contributed by atoms with van der Waals surface area (Å²) in [5.74, 6) is 2.42. The fraction of sp³-hybridized carbons (Fsp3) is 0.647. The van der Waals surface area contributed by atoms with E-state index in [-0.39, 0.29) is 0 Å². The smallest absolute Gasteiger partial charge is 0.161 e. The minimum Gasteiger partial charge on any atom is -0.493 e. The summed E-state index contributed by atoms with van der Waals surface area (Å²) in [6.45, 7) is 6.15. The van der Waals surface area contributed by atoms with E-state index in [0.717, 1.165) is 43.0 Å². The maximum absolute atomic E-state index is 5.83. The zero-order valence-electron chi connectivity index (χ0n) is 12.9. The second kappa shape index (κ2) is 7.53. The van der Waals surface area contributed by atoms with Gasteiger partial charge in [0.1, 0.15) is 0 Å². The van der Waals surface area contributed by atoms with Crippen LogP contribution in [0, 0.1) is 5.92 Å². The van der Waals surface area contributed by atoms with Gasteiger partial charge in [0.25, 0.3) is 0 Å². The average Bonchev–Trinajstić information content (AvgIpc) is 3.26. The summed E-state index contributed by atoms with van der Waals surface area (Å²) >= 11 is 0. The minimum atomic E-state index is 0.730. The van der Waals surface area contributed by atoms with E-state index in [9.17, 15) is 0 Å². The Morgan fingerprint density at radius 2 is 2.05 bits per heavy atom. The van der Waals surface area contributed by atoms with Gasteiger partial charge in [-0.25, -0.2) is 0 Å². The van der Waals surface area contributed by atoms with Gasteiger partial charge in [0, 0.05) is 12.6 Å². The van der Waals surface area contributed by atoms with Crippen molar-refractivity contribution in [2.75, 3.05) is 13.7 Å². The summed E-state index contributed by atoms with van der Waals surface area (Å²) in [6, 6.07) is 6.95. The summed E-state index contributed by atoms with van der Waals surface area (Å²) in [5, 5.41) is 3.51. The number of hydrogen-bond donors (Lipinski definition) is 1. The largest absolute Gasteiger partial charge is 0.493 e. The Kier molecular flexibility index (Phi) is 5.72. The third kappa shape index (κ3) is 5.04. The molecule has 1 aliphatic carbocycles. The van der Waals surface area contributed by atoms with Crippen molar-refractivity contribution in [1.82, 2.24) is 5.32 Å². The van der Waals surface area contributed by atoms with Gasteiger partial charge in [-0.15, -0.1) is 0 Å². The summed E-state index contributed by atoms with van der Waals surface area (Å²) < 4.78 is 11.3. The fourth-order valence-corrected chi connectivity index (χ4v) is 2.16. The second-order valence-electron chi connectivity index (χ2n) is 6.02. The number of benzene rings is 1. The van der Waals surface area contributed by atoms with E-state index in [1.807, 2.05) is 6.07 Å². The first kappa shape index (κ1) is 15.2. The molecular weight excluding hydrogens is 250 g/mol. The molecule has 1 aromatic carbocycles. The summed E-state index contributed by atoms with van der Waals surface area (Å²) in [7, 11) is 1.70. The maximum Gasteiger partial charge on any atom is 0.161 e. The second-order valence-corrected chi connectivity index (χ2v) is 6.02. The molecule has 0 saturated heterocycles. The molecule has 112 valence electrons. The highest BCUT2D eigenvalue weighted by Crippen LogP contribution is 2.29. The van der Waals surface area contributed by atoms with Gasteiger partial charge in [0.2, 0.25) is 0 Å². The van der Waals surface area contributed by atoms with E-state index >= 15 is 0 Å². The summed E-state index contributed by atoms with van der Waals surface area (Å²) in [5.41, 5.74) is 1.25. The van der Waals surface area contributed by atoms with Crippen LogP contribution >= 0.6 is 0 Å². The number of methoxy groups -OCH3 is 1. The Balaban J connectivity index is 1.84. The van der Waals surface area contributed by atoms with E-state index in [0.29, 0.717) is 0 Å². The van der Waals surface area contributed by atoms with Crippen molar-refractivity contribution in [3.8, 4) is 11.5 Å². The van der Waals surface area contributed by atoms with Crippen LogP contribution < -0.4 is 14.8 Å². The maximum atomic E-state index is 5.83. The lowest BCUT2D eigenvalue weighted by atomic mass is 10.1. The molecule has 0 radical (unpaired) electrons. The first-order valence-electron chi connectivity index (χ1n) is 7.72. The molecular formula is C17H27NO2. The Morgan fingerprint density at radius 1 is 1.25 bits per heavy atom. The van der Waals surface area contributed by atoms with Crippen molar-refractivity contribution in [3.05, 3.63) is 23.8 Å². The van der Waals surface area contributed by atoms with Crippen molar-refractivity contribution >= 4 is 0 Å². The topological polar surface area (TPSA) is 30.5 Å². The molecule has 3 nitrogen and oxygen atoms in total. The van der Waals surface area contributed by atoms with Crippen LogP contribution in [0.5, 0.6) is 11.5 Å². The Labute approximate surface area is 122 Å². The van der Waals surface area contributed by atoms with Crippen LogP contribution in [0.25, 0.3) is 0 Å². The van der Waals surface area contributed by atoms with Gasteiger partial charge < -0.3 is 14.8 Å². The predicted octanol–water partition coefficient (Wildman–Crippen LogP) is 3.76. The number of hydrogen-bond acceptors (Lipinski definition) is 3. The molecule has 0 spiro atoms. The SMILES string of the molecule is COc1cc(CNC2CC2)ccc1OCCCC(C)C. The van der Waals surface area contributed by atoms with Gasteiger partial charge >= 0.3 is 0 Å². The third-order valence-corrected chi connectivity index (χ3v) is 3.58. The van der Waals surface area contributed by atoms with E-state index in [4.69, 9.17) is 9.47 Å². The predicted molar refractivity (Wildman–Crippen MR) is 82.4 cm³/mol. The minimum absolute atomic E-state index is 0.730. The molecule has 1 aliphatic rings. The molecule has 20 heavy (non-hydrogen) atoms. The third-order valence-electron chi connectivity index (χ3n) is 3.58. The van der Waals surface area contributed by atoms with Crippen molar-refractivity contribution in [3.63, 3.8) is 0 Å². The highest BCUT2D eigenvalue weighted by atomic mass is 16.5. The Morgan fingerprint density at radius 3 is 2.70 bits per heavy atom. The molecule has 1 N–H and O–H groups in total. The van der Waals surface area contributed by atoms with Crippen LogP contribution in [0.3, 0.4) is 0 Å². The molecule has 0 atom stereocenters. The average molecular weight is 277 g/mol. The fourth-order valence-electron chi connectivity index (χ4n) is 2.16. The van der Waals surface area contributed by atoms with E-state index in [2.05, 4.69) is 31.3 Å². The molecule has 0 unspecified atom stereocenters. The molecule has 1 saturated carbocycles. The molecule has 0 amide bonds. The van der Waals surface area contributed by atoms with E-state index in [1.165, 1.54) is 24.8 Å². The van der Waals surface area contributed by atoms with Crippen molar-refractivity contribution in [1.29, 1.82) is 0 Å². The lowest BCUT2D eigenvalue weighted by Gasteiger charge is -2.13. The highest BCUT2D eigenvalue weighted by Gasteiger charge is 2.20. The summed E-state index contributed by atoms with van der Waals surface area (Å²) in [6.07, 6.45) is 4.92. The van der Waals surface area contributed by atoms with Gasteiger partial charge in [0.05, 0.1) is 13.7 Å². The zero-order chi connectivity index (χ0) is 14.4. The van der Waals surface area contributed by atoms with Gasteiger partial charge in [-0.05, 0) is 49.3 Å². The van der Waals surface area contributed by atoms with Crippen molar-refractivity contribution < 1.29 is 9.47 Å². The lowest BCUT2D eigenvalue weighted by Crippen LogP contribution is -2.15. The van der Waals surface area contributed by atoms with Crippen LogP contribution in [-0.2, 0) is 6.54 Å². The van der Waals surface area contributed by atoms with Gasteiger partial charge in [-0.2, -0.15) is 0 Å². The molecule has 3 heteroatoms. The summed E-state index contributed by atoms with van der Waals surface area (Å²) in [4.78, 5) is 0. The Bertz CT molecular complexity index is 413. The van der Waals surface area contributed by atoms with Gasteiger partial charge in [0.15, 0.2) is 11.5 Å². The Hall–Kier alpha value is -1.22. The van der Waals surface area contributed by atoms with Gasteiger partial charge in [-0.1, -0.05) is 19.9 Å². The molecule has 0 aromatic heterocycles. The number of nitrogens with one attached hydrogen (secondary N) is 1. The highest BCUT2D eigenvalue weighted by molar-refractivity contribution is 5.43. The zero-order valence-corrected chi connectivity index (χ0v) is 12.9. The quantitative estimate of drug-likeness (QED) is 0.697. The molecule has 1 aromatic rings. The van der Waals surface area contributed by atoms with Crippen LogP contribution in [0.4, 0.5) is 0 Å². The van der Waals surface area contributed by atoms with Crippen LogP contribution in [0.15, 0.2) is 18.2 Å².